The lowest BCUT2D eigenvalue weighted by atomic mass is 10.0. The number of benzene rings is 1. The summed E-state index contributed by atoms with van der Waals surface area (Å²) in [7, 11) is 4.02. The Hall–Kier alpha value is -2.44. The van der Waals surface area contributed by atoms with Crippen molar-refractivity contribution in [1.82, 2.24) is 25.4 Å². The first-order chi connectivity index (χ1) is 14.6. The maximum absolute atomic E-state index is 4.44. The van der Waals surface area contributed by atoms with E-state index < -0.39 is 0 Å². The van der Waals surface area contributed by atoms with Gasteiger partial charge in [0.05, 0.1) is 5.69 Å². The maximum atomic E-state index is 4.44. The molecule has 0 aliphatic carbocycles. The number of likely N-dealkylation sites (N-methyl/N-ethyl adjacent to an activating group) is 1. The van der Waals surface area contributed by atoms with Crippen molar-refractivity contribution in [2.24, 2.45) is 4.99 Å². The molecule has 2 aromatic rings. The van der Waals surface area contributed by atoms with Gasteiger partial charge in [-0.3, -0.25) is 19.8 Å². The summed E-state index contributed by atoms with van der Waals surface area (Å²) in [6.45, 7) is 7.17. The molecule has 1 unspecified atom stereocenters. The van der Waals surface area contributed by atoms with Crippen LogP contribution in [0.3, 0.4) is 0 Å². The first kappa shape index (κ1) is 22.2. The van der Waals surface area contributed by atoms with Gasteiger partial charge in [0.2, 0.25) is 0 Å². The number of likely N-dealkylation sites (tertiary alicyclic amines) is 1. The number of guanidine groups is 1. The average Bonchev–Trinajstić information content (AvgIpc) is 2.79. The summed E-state index contributed by atoms with van der Waals surface area (Å²) >= 11 is 0. The number of nitrogens with one attached hydrogen (secondary N) is 2. The van der Waals surface area contributed by atoms with Gasteiger partial charge in [-0.25, -0.2) is 0 Å². The lowest BCUT2D eigenvalue weighted by Gasteiger charge is -2.33. The number of aromatic nitrogens is 1. The van der Waals surface area contributed by atoms with Gasteiger partial charge in [0.1, 0.15) is 0 Å². The van der Waals surface area contributed by atoms with Gasteiger partial charge in [-0.05, 0) is 44.5 Å². The molecule has 6 heteroatoms. The summed E-state index contributed by atoms with van der Waals surface area (Å²) in [5.74, 6) is 0.901. The van der Waals surface area contributed by atoms with Crippen molar-refractivity contribution in [3.05, 3.63) is 66.0 Å². The highest BCUT2D eigenvalue weighted by atomic mass is 15.2. The lowest BCUT2D eigenvalue weighted by Crippen LogP contribution is -2.50. The molecule has 1 atom stereocenters. The van der Waals surface area contributed by atoms with Gasteiger partial charge >= 0.3 is 0 Å². The standard InChI is InChI=1S/C24H36N6/c1-20(29(3)18-21-9-5-4-6-10-21)17-27-24(25-2)28-22-12-15-30(16-13-22)19-23-11-7-8-14-26-23/h4-11,14,20,22H,12-13,15-19H2,1-3H3,(H2,25,27,28). The predicted molar refractivity (Wildman–Crippen MR) is 124 cm³/mol. The van der Waals surface area contributed by atoms with Crippen LogP contribution in [0.25, 0.3) is 0 Å². The molecule has 6 nitrogen and oxygen atoms in total. The van der Waals surface area contributed by atoms with E-state index in [1.165, 1.54) is 5.56 Å². The second-order valence-corrected chi connectivity index (χ2v) is 8.22. The van der Waals surface area contributed by atoms with Crippen LogP contribution >= 0.6 is 0 Å². The number of aliphatic imine (C=N–C) groups is 1. The smallest absolute Gasteiger partial charge is 0.191 e. The Morgan fingerprint density at radius 1 is 1.17 bits per heavy atom. The third kappa shape index (κ3) is 7.11. The number of pyridine rings is 1. The Balaban J connectivity index is 1.37. The van der Waals surface area contributed by atoms with Gasteiger partial charge in [-0.2, -0.15) is 0 Å². The molecule has 162 valence electrons. The van der Waals surface area contributed by atoms with Crippen LogP contribution in [0.2, 0.25) is 0 Å². The Morgan fingerprint density at radius 3 is 2.57 bits per heavy atom. The Bertz CT molecular complexity index is 756. The Kier molecular flexibility index (Phi) is 8.66. The minimum Gasteiger partial charge on any atom is -0.355 e. The quantitative estimate of drug-likeness (QED) is 0.520. The minimum atomic E-state index is 0.406. The summed E-state index contributed by atoms with van der Waals surface area (Å²) in [6.07, 6.45) is 4.12. The van der Waals surface area contributed by atoms with Crippen LogP contribution in [0.5, 0.6) is 0 Å². The third-order valence-electron chi connectivity index (χ3n) is 5.86. The molecule has 0 radical (unpaired) electrons. The molecule has 1 aromatic heterocycles. The highest BCUT2D eigenvalue weighted by molar-refractivity contribution is 5.80. The molecular formula is C24H36N6. The van der Waals surface area contributed by atoms with E-state index in [1.807, 2.05) is 19.3 Å². The van der Waals surface area contributed by atoms with E-state index in [2.05, 4.69) is 86.8 Å². The molecule has 1 aromatic carbocycles. The van der Waals surface area contributed by atoms with E-state index in [0.29, 0.717) is 12.1 Å². The van der Waals surface area contributed by atoms with E-state index in [0.717, 1.165) is 57.2 Å². The number of hydrogen-bond donors (Lipinski definition) is 2. The summed E-state index contributed by atoms with van der Waals surface area (Å²) in [4.78, 5) is 13.7. The molecule has 2 N–H and O–H groups in total. The van der Waals surface area contributed by atoms with Crippen molar-refractivity contribution in [2.75, 3.05) is 33.7 Å². The van der Waals surface area contributed by atoms with Gasteiger partial charge < -0.3 is 10.6 Å². The fraction of sp³-hybridized carbons (Fsp3) is 0.500. The predicted octanol–water partition coefficient (Wildman–Crippen LogP) is 2.73. The first-order valence-corrected chi connectivity index (χ1v) is 11.0. The van der Waals surface area contributed by atoms with Crippen LogP contribution in [0, 0.1) is 0 Å². The van der Waals surface area contributed by atoms with Crippen molar-refractivity contribution in [1.29, 1.82) is 0 Å². The van der Waals surface area contributed by atoms with Crippen LogP contribution in [-0.4, -0.2) is 66.6 Å². The molecule has 1 fully saturated rings. The summed E-state index contributed by atoms with van der Waals surface area (Å²) in [6, 6.07) is 17.6. The van der Waals surface area contributed by atoms with E-state index in [4.69, 9.17) is 0 Å². The summed E-state index contributed by atoms with van der Waals surface area (Å²) < 4.78 is 0. The second kappa shape index (κ2) is 11.7. The van der Waals surface area contributed by atoms with Crippen molar-refractivity contribution >= 4 is 5.96 Å². The van der Waals surface area contributed by atoms with Gasteiger partial charge in [0.25, 0.3) is 0 Å². The lowest BCUT2D eigenvalue weighted by molar-refractivity contribution is 0.196. The number of rotatable bonds is 8. The van der Waals surface area contributed by atoms with Crippen molar-refractivity contribution in [2.45, 2.75) is 44.9 Å². The SMILES string of the molecule is CN=C(NCC(C)N(C)Cc1ccccc1)NC1CCN(Cc2ccccn2)CC1. The number of nitrogens with zero attached hydrogens (tertiary/aromatic N) is 4. The van der Waals surface area contributed by atoms with Crippen LogP contribution < -0.4 is 10.6 Å². The summed E-state index contributed by atoms with van der Waals surface area (Å²) in [5, 5.41) is 7.12. The molecule has 0 spiro atoms. The highest BCUT2D eigenvalue weighted by Crippen LogP contribution is 2.13. The number of piperidine rings is 1. The minimum absolute atomic E-state index is 0.406. The monoisotopic (exact) mass is 408 g/mol. The first-order valence-electron chi connectivity index (χ1n) is 11.0. The van der Waals surface area contributed by atoms with Crippen molar-refractivity contribution in [3.8, 4) is 0 Å². The normalized spacial score (nSPS) is 17.1. The fourth-order valence-electron chi connectivity index (χ4n) is 3.77. The van der Waals surface area contributed by atoms with Gasteiger partial charge in [0.15, 0.2) is 5.96 Å². The van der Waals surface area contributed by atoms with Gasteiger partial charge in [-0.1, -0.05) is 36.4 Å². The average molecular weight is 409 g/mol. The van der Waals surface area contributed by atoms with Crippen LogP contribution in [-0.2, 0) is 13.1 Å². The Morgan fingerprint density at radius 2 is 1.90 bits per heavy atom. The largest absolute Gasteiger partial charge is 0.355 e. The van der Waals surface area contributed by atoms with Crippen LogP contribution in [0.4, 0.5) is 0 Å². The second-order valence-electron chi connectivity index (χ2n) is 8.22. The third-order valence-corrected chi connectivity index (χ3v) is 5.86. The fourth-order valence-corrected chi connectivity index (χ4v) is 3.77. The molecule has 0 bridgehead atoms. The van der Waals surface area contributed by atoms with Crippen LogP contribution in [0.1, 0.15) is 31.0 Å². The maximum Gasteiger partial charge on any atom is 0.191 e. The zero-order chi connectivity index (χ0) is 21.2. The Labute approximate surface area is 181 Å². The molecule has 1 aliphatic heterocycles. The van der Waals surface area contributed by atoms with E-state index >= 15 is 0 Å². The molecule has 1 aliphatic rings. The van der Waals surface area contributed by atoms with Gasteiger partial charge in [-0.15, -0.1) is 0 Å². The van der Waals surface area contributed by atoms with Crippen molar-refractivity contribution < 1.29 is 0 Å². The molecule has 2 heterocycles. The van der Waals surface area contributed by atoms with E-state index in [9.17, 15) is 0 Å². The summed E-state index contributed by atoms with van der Waals surface area (Å²) in [5.41, 5.74) is 2.49. The molecule has 0 amide bonds. The molecule has 1 saturated heterocycles. The van der Waals surface area contributed by atoms with Crippen LogP contribution in [0.15, 0.2) is 59.7 Å². The van der Waals surface area contributed by atoms with Crippen molar-refractivity contribution in [3.63, 3.8) is 0 Å². The van der Waals surface area contributed by atoms with E-state index in [1.54, 1.807) is 0 Å². The molecule has 3 rings (SSSR count). The van der Waals surface area contributed by atoms with Gasteiger partial charge in [0, 0.05) is 58.1 Å². The zero-order valence-electron chi connectivity index (χ0n) is 18.6. The molecule has 30 heavy (non-hydrogen) atoms. The number of hydrogen-bond acceptors (Lipinski definition) is 4. The highest BCUT2D eigenvalue weighted by Gasteiger charge is 2.20. The van der Waals surface area contributed by atoms with E-state index in [-0.39, 0.29) is 0 Å². The molecular weight excluding hydrogens is 372 g/mol. The zero-order valence-corrected chi connectivity index (χ0v) is 18.6. The molecule has 0 saturated carbocycles. The topological polar surface area (TPSA) is 55.8 Å².